The summed E-state index contributed by atoms with van der Waals surface area (Å²) in [6.07, 6.45) is -0.459. The average molecular weight is 344 g/mol. The van der Waals surface area contributed by atoms with Crippen molar-refractivity contribution in [3.05, 3.63) is 35.9 Å². The van der Waals surface area contributed by atoms with Gasteiger partial charge in [-0.15, -0.1) is 0 Å². The number of methoxy groups -OCH3 is 1. The Morgan fingerprint density at radius 3 is 2.30 bits per heavy atom. The van der Waals surface area contributed by atoms with Crippen molar-refractivity contribution in [3.63, 3.8) is 0 Å². The van der Waals surface area contributed by atoms with Gasteiger partial charge < -0.3 is 4.74 Å². The Hall–Kier alpha value is -1.27. The molecule has 1 saturated carbocycles. The van der Waals surface area contributed by atoms with Gasteiger partial charge in [0.15, 0.2) is 9.84 Å². The van der Waals surface area contributed by atoms with E-state index in [1.54, 1.807) is 24.3 Å². The van der Waals surface area contributed by atoms with Crippen molar-refractivity contribution in [1.29, 1.82) is 0 Å². The van der Waals surface area contributed by atoms with E-state index in [0.29, 0.717) is 0 Å². The summed E-state index contributed by atoms with van der Waals surface area (Å²) in [4.78, 5) is 0.250. The van der Waals surface area contributed by atoms with E-state index in [-0.39, 0.29) is 36.0 Å². The Morgan fingerprint density at radius 1 is 1.22 bits per heavy atom. The van der Waals surface area contributed by atoms with Gasteiger partial charge in [-0.05, 0) is 49.0 Å². The fourth-order valence-corrected chi connectivity index (χ4v) is 3.96. The molecule has 1 aromatic carbocycles. The third-order valence-corrected chi connectivity index (χ3v) is 5.85. The fraction of sp³-hybridized carbons (Fsp3) is 0.529. The molecule has 0 N–H and O–H groups in total. The smallest absolute Gasteiger partial charge is 0.180 e. The number of hydrogen-bond acceptors (Lipinski definition) is 3. The van der Waals surface area contributed by atoms with Crippen molar-refractivity contribution in [2.45, 2.75) is 37.0 Å². The molecule has 0 spiro atoms. The van der Waals surface area contributed by atoms with Gasteiger partial charge in [-0.2, -0.15) is 0 Å². The molecular weight excluding hydrogens is 322 g/mol. The van der Waals surface area contributed by atoms with E-state index in [9.17, 15) is 17.2 Å². The second-order valence-electron chi connectivity index (χ2n) is 5.95. The van der Waals surface area contributed by atoms with Gasteiger partial charge in [-0.25, -0.2) is 17.2 Å². The van der Waals surface area contributed by atoms with Crippen LogP contribution < -0.4 is 0 Å². The van der Waals surface area contributed by atoms with Crippen LogP contribution in [0.15, 0.2) is 35.2 Å². The van der Waals surface area contributed by atoms with Crippen LogP contribution in [0, 0.1) is 5.92 Å². The summed E-state index contributed by atoms with van der Waals surface area (Å²) in [6, 6.07) is 6.56. The number of alkyl halides is 2. The zero-order chi connectivity index (χ0) is 17.0. The molecule has 128 valence electrons. The minimum atomic E-state index is -3.35. The first kappa shape index (κ1) is 18.1. The van der Waals surface area contributed by atoms with Crippen molar-refractivity contribution >= 4 is 15.4 Å². The molecule has 3 atom stereocenters. The van der Waals surface area contributed by atoms with Crippen LogP contribution in [-0.4, -0.2) is 40.2 Å². The second-order valence-corrected chi connectivity index (χ2v) is 8.06. The van der Waals surface area contributed by atoms with E-state index in [4.69, 9.17) is 4.74 Å². The lowest BCUT2D eigenvalue weighted by Crippen LogP contribution is -2.11. The number of ether oxygens (including phenoxy) is 1. The van der Waals surface area contributed by atoms with Crippen molar-refractivity contribution in [1.82, 2.24) is 0 Å². The Morgan fingerprint density at radius 2 is 1.78 bits per heavy atom. The van der Waals surface area contributed by atoms with Crippen molar-refractivity contribution < 1.29 is 21.9 Å². The standard InChI is InChI=1S/C17H22F2O3S/c1-12(9-13-10-16(18)17(19)11-13)14-3-5-15(6-4-14)23(20,21)8-7-22-2/h3-6,9,13,16-17H,7-8,10-11H2,1-2H3/b12-9-/t13?,16-,17+. The summed E-state index contributed by atoms with van der Waals surface area (Å²) < 4.78 is 55.3. The highest BCUT2D eigenvalue weighted by Crippen LogP contribution is 2.33. The number of hydrogen-bond donors (Lipinski definition) is 0. The third-order valence-electron chi connectivity index (χ3n) is 4.16. The van der Waals surface area contributed by atoms with Gasteiger partial charge in [0.05, 0.1) is 17.3 Å². The van der Waals surface area contributed by atoms with Crippen molar-refractivity contribution in [2.24, 2.45) is 5.92 Å². The number of sulfone groups is 1. The Balaban J connectivity index is 2.10. The first-order valence-electron chi connectivity index (χ1n) is 7.62. The van der Waals surface area contributed by atoms with Crippen LogP contribution in [0.1, 0.15) is 25.3 Å². The van der Waals surface area contributed by atoms with Gasteiger partial charge >= 0.3 is 0 Å². The van der Waals surface area contributed by atoms with Crippen molar-refractivity contribution in [2.75, 3.05) is 19.5 Å². The molecule has 1 aliphatic carbocycles. The molecule has 1 aromatic rings. The molecule has 1 unspecified atom stereocenters. The molecule has 2 rings (SSSR count). The number of halogens is 2. The van der Waals surface area contributed by atoms with Crippen LogP contribution in [0.5, 0.6) is 0 Å². The predicted octanol–water partition coefficient (Wildman–Crippen LogP) is 3.60. The lowest BCUT2D eigenvalue weighted by molar-refractivity contribution is 0.199. The maximum absolute atomic E-state index is 13.2. The summed E-state index contributed by atoms with van der Waals surface area (Å²) >= 11 is 0. The topological polar surface area (TPSA) is 43.4 Å². The molecule has 0 radical (unpaired) electrons. The Labute approximate surface area is 136 Å². The van der Waals surface area contributed by atoms with Gasteiger partial charge in [0.2, 0.25) is 0 Å². The predicted molar refractivity (Wildman–Crippen MR) is 86.5 cm³/mol. The normalized spacial score (nSPS) is 25.7. The summed E-state index contributed by atoms with van der Waals surface area (Å²) in [5.41, 5.74) is 1.76. The third kappa shape index (κ3) is 4.61. The largest absolute Gasteiger partial charge is 0.384 e. The summed E-state index contributed by atoms with van der Waals surface area (Å²) in [5, 5.41) is 0. The quantitative estimate of drug-likeness (QED) is 0.792. The van der Waals surface area contributed by atoms with Crippen molar-refractivity contribution in [3.8, 4) is 0 Å². The SMILES string of the molecule is COCCS(=O)(=O)c1ccc(/C(C)=C\C2C[C@@H](F)[C@@H](F)C2)cc1. The molecule has 0 aromatic heterocycles. The zero-order valence-electron chi connectivity index (χ0n) is 13.3. The van der Waals surface area contributed by atoms with Gasteiger partial charge in [0.25, 0.3) is 0 Å². The molecule has 0 heterocycles. The van der Waals surface area contributed by atoms with E-state index < -0.39 is 22.2 Å². The van der Waals surface area contributed by atoms with Gasteiger partial charge in [0.1, 0.15) is 12.3 Å². The molecule has 0 amide bonds. The molecule has 0 bridgehead atoms. The Kier molecular flexibility index (Phi) is 5.92. The first-order valence-corrected chi connectivity index (χ1v) is 9.27. The van der Waals surface area contributed by atoms with Crippen LogP contribution in [0.2, 0.25) is 0 Å². The molecule has 0 saturated heterocycles. The minimum absolute atomic E-state index is 0.0600. The van der Waals surface area contributed by atoms with Gasteiger partial charge in [-0.3, -0.25) is 0 Å². The first-order chi connectivity index (χ1) is 10.8. The van der Waals surface area contributed by atoms with E-state index in [1.165, 1.54) is 7.11 Å². The average Bonchev–Trinajstić information content (AvgIpc) is 2.83. The number of rotatable bonds is 6. The highest BCUT2D eigenvalue weighted by molar-refractivity contribution is 7.91. The maximum atomic E-state index is 13.2. The highest BCUT2D eigenvalue weighted by atomic mass is 32.2. The maximum Gasteiger partial charge on any atom is 0.180 e. The lowest BCUT2D eigenvalue weighted by Gasteiger charge is -2.08. The fourth-order valence-electron chi connectivity index (χ4n) is 2.79. The van der Waals surface area contributed by atoms with Gasteiger partial charge in [-0.1, -0.05) is 18.2 Å². The molecule has 1 fully saturated rings. The van der Waals surface area contributed by atoms with Crippen LogP contribution in [-0.2, 0) is 14.6 Å². The summed E-state index contributed by atoms with van der Waals surface area (Å²) in [6.45, 7) is 2.02. The second kappa shape index (κ2) is 7.53. The molecule has 3 nitrogen and oxygen atoms in total. The van der Waals surface area contributed by atoms with Gasteiger partial charge in [0, 0.05) is 7.11 Å². The molecule has 23 heavy (non-hydrogen) atoms. The summed E-state index contributed by atoms with van der Waals surface area (Å²) in [7, 11) is -1.89. The van der Waals surface area contributed by atoms with Crippen LogP contribution >= 0.6 is 0 Å². The zero-order valence-corrected chi connectivity index (χ0v) is 14.2. The molecule has 1 aliphatic rings. The molecule has 6 heteroatoms. The van der Waals surface area contributed by atoms with E-state index in [0.717, 1.165) is 11.1 Å². The van der Waals surface area contributed by atoms with Crippen LogP contribution in [0.25, 0.3) is 5.57 Å². The number of allylic oxidation sites excluding steroid dienone is 2. The monoisotopic (exact) mass is 344 g/mol. The van der Waals surface area contributed by atoms with E-state index >= 15 is 0 Å². The lowest BCUT2D eigenvalue weighted by atomic mass is 10.00. The van der Waals surface area contributed by atoms with E-state index in [2.05, 4.69) is 0 Å². The molecular formula is C17H22F2O3S. The molecule has 0 aliphatic heterocycles. The summed E-state index contributed by atoms with van der Waals surface area (Å²) in [5.74, 6) is -0.166. The van der Waals surface area contributed by atoms with Crippen LogP contribution in [0.4, 0.5) is 8.78 Å². The van der Waals surface area contributed by atoms with Crippen LogP contribution in [0.3, 0.4) is 0 Å². The van der Waals surface area contributed by atoms with E-state index in [1.807, 2.05) is 13.0 Å². The minimum Gasteiger partial charge on any atom is -0.384 e. The Bertz CT molecular complexity index is 643. The number of benzene rings is 1. The highest BCUT2D eigenvalue weighted by Gasteiger charge is 2.33.